The van der Waals surface area contributed by atoms with Gasteiger partial charge in [0.2, 0.25) is 0 Å². The Balaban J connectivity index is 2.03. The van der Waals surface area contributed by atoms with E-state index in [1.807, 2.05) is 13.8 Å². The molecule has 0 aromatic carbocycles. The highest BCUT2D eigenvalue weighted by atomic mass is 19.1. The number of rotatable bonds is 6. The number of aromatic nitrogens is 3. The first-order chi connectivity index (χ1) is 11.8. The lowest BCUT2D eigenvalue weighted by Crippen LogP contribution is -2.26. The molecule has 2 heterocycles. The van der Waals surface area contributed by atoms with Crippen LogP contribution in [0.1, 0.15) is 26.0 Å². The fourth-order valence-electron chi connectivity index (χ4n) is 1.98. The van der Waals surface area contributed by atoms with Crippen LogP contribution in [0.5, 0.6) is 0 Å². The number of aryl methyl sites for hydroxylation is 1. The van der Waals surface area contributed by atoms with Crippen LogP contribution in [0.2, 0.25) is 0 Å². The van der Waals surface area contributed by atoms with Crippen molar-refractivity contribution in [2.45, 2.75) is 32.8 Å². The summed E-state index contributed by atoms with van der Waals surface area (Å²) in [6, 6.07) is 2.90. The van der Waals surface area contributed by atoms with E-state index in [0.717, 1.165) is 6.20 Å². The van der Waals surface area contributed by atoms with Gasteiger partial charge >= 0.3 is 6.09 Å². The molecular weight excluding hydrogens is 327 g/mol. The molecule has 0 atom stereocenters. The summed E-state index contributed by atoms with van der Waals surface area (Å²) in [4.78, 5) is 16.1. The molecule has 0 unspecified atom stereocenters. The molecule has 0 aliphatic heterocycles. The van der Waals surface area contributed by atoms with E-state index in [1.54, 1.807) is 20.1 Å². The molecule has 0 spiro atoms. The third-order valence-corrected chi connectivity index (χ3v) is 3.72. The first-order valence-electron chi connectivity index (χ1n) is 7.75. The zero-order valence-electron chi connectivity index (χ0n) is 14.7. The van der Waals surface area contributed by atoms with Gasteiger partial charge in [-0.1, -0.05) is 0 Å². The summed E-state index contributed by atoms with van der Waals surface area (Å²) in [6.45, 7) is 5.79. The molecular formula is C17H21FN4O3. The van der Waals surface area contributed by atoms with E-state index in [-0.39, 0.29) is 12.2 Å². The maximum atomic E-state index is 13.3. The Morgan fingerprint density at radius 1 is 1.32 bits per heavy atom. The van der Waals surface area contributed by atoms with E-state index in [9.17, 15) is 9.18 Å². The fraction of sp³-hybridized carbons (Fsp3) is 0.412. The molecule has 1 amide bonds. The average Bonchev–Trinajstić information content (AvgIpc) is 2.56. The van der Waals surface area contributed by atoms with Gasteiger partial charge in [0, 0.05) is 30.9 Å². The van der Waals surface area contributed by atoms with Crippen molar-refractivity contribution in [2.75, 3.05) is 19.0 Å². The highest BCUT2D eigenvalue weighted by molar-refractivity contribution is 5.85. The van der Waals surface area contributed by atoms with E-state index >= 15 is 0 Å². The topological polar surface area (TPSA) is 86.2 Å². The van der Waals surface area contributed by atoms with Gasteiger partial charge in [-0.05, 0) is 26.8 Å². The van der Waals surface area contributed by atoms with Gasteiger partial charge in [0.25, 0.3) is 0 Å². The molecule has 2 aromatic heterocycles. The van der Waals surface area contributed by atoms with Crippen molar-refractivity contribution >= 4 is 11.8 Å². The molecule has 1 N–H and O–H groups in total. The number of anilines is 1. The fourth-order valence-corrected chi connectivity index (χ4v) is 1.98. The summed E-state index contributed by atoms with van der Waals surface area (Å²) < 4.78 is 23.7. The molecule has 134 valence electrons. The monoisotopic (exact) mass is 348 g/mol. The molecule has 25 heavy (non-hydrogen) atoms. The number of carbonyl (C=O) groups is 1. The van der Waals surface area contributed by atoms with Gasteiger partial charge in [-0.2, -0.15) is 10.2 Å². The quantitative estimate of drug-likeness (QED) is 0.861. The number of hydrogen-bond acceptors (Lipinski definition) is 6. The van der Waals surface area contributed by atoms with E-state index in [4.69, 9.17) is 9.47 Å². The maximum Gasteiger partial charge on any atom is 0.411 e. The van der Waals surface area contributed by atoms with Crippen LogP contribution in [0.15, 0.2) is 24.5 Å². The van der Waals surface area contributed by atoms with Crippen molar-refractivity contribution in [1.82, 2.24) is 15.2 Å². The van der Waals surface area contributed by atoms with Crippen molar-refractivity contribution in [1.29, 1.82) is 0 Å². The Labute approximate surface area is 145 Å². The van der Waals surface area contributed by atoms with Crippen LogP contribution in [0.4, 0.5) is 14.9 Å². The molecule has 0 aliphatic carbocycles. The van der Waals surface area contributed by atoms with Crippen LogP contribution >= 0.6 is 0 Å². The smallest absolute Gasteiger partial charge is 0.411 e. The minimum atomic E-state index is -0.603. The summed E-state index contributed by atoms with van der Waals surface area (Å²) in [5.41, 5.74) is 1.60. The predicted octanol–water partition coefficient (Wildman–Crippen LogP) is 3.35. The van der Waals surface area contributed by atoms with Gasteiger partial charge < -0.3 is 9.47 Å². The molecule has 0 radical (unpaired) electrons. The van der Waals surface area contributed by atoms with Crippen molar-refractivity contribution in [2.24, 2.45) is 0 Å². The molecule has 2 aromatic rings. The number of nitrogens with zero attached hydrogens (tertiary/aromatic N) is 3. The number of methoxy groups -OCH3 is 1. The number of hydrogen-bond donors (Lipinski definition) is 1. The number of amides is 1. The van der Waals surface area contributed by atoms with Crippen molar-refractivity contribution < 1.29 is 18.7 Å². The summed E-state index contributed by atoms with van der Waals surface area (Å²) >= 11 is 0. The summed E-state index contributed by atoms with van der Waals surface area (Å²) in [6.07, 6.45) is 2.47. The molecule has 0 fully saturated rings. The van der Waals surface area contributed by atoms with Crippen LogP contribution in [0.25, 0.3) is 11.3 Å². The Bertz CT molecular complexity index is 752. The lowest BCUT2D eigenvalue weighted by molar-refractivity contribution is 0.00125. The van der Waals surface area contributed by atoms with Crippen LogP contribution in [0.3, 0.4) is 0 Å². The molecule has 0 saturated carbocycles. The summed E-state index contributed by atoms with van der Waals surface area (Å²) in [7, 11) is 1.61. The maximum absolute atomic E-state index is 13.3. The minimum Gasteiger partial charge on any atom is -0.449 e. The Morgan fingerprint density at radius 3 is 2.76 bits per heavy atom. The average molecular weight is 348 g/mol. The second-order valence-electron chi connectivity index (χ2n) is 6.09. The highest BCUT2D eigenvalue weighted by Crippen LogP contribution is 2.23. The first-order valence-corrected chi connectivity index (χ1v) is 7.75. The molecule has 8 heteroatoms. The van der Waals surface area contributed by atoms with E-state index < -0.39 is 11.9 Å². The van der Waals surface area contributed by atoms with Crippen LogP contribution in [-0.4, -0.2) is 40.6 Å². The van der Waals surface area contributed by atoms with Crippen molar-refractivity contribution in [3.8, 4) is 11.3 Å². The molecule has 0 aliphatic rings. The molecule has 7 nitrogen and oxygen atoms in total. The van der Waals surface area contributed by atoms with Gasteiger partial charge in [0.1, 0.15) is 5.82 Å². The first kappa shape index (κ1) is 18.7. The third kappa shape index (κ3) is 5.46. The Kier molecular flexibility index (Phi) is 5.97. The van der Waals surface area contributed by atoms with Gasteiger partial charge in [-0.15, -0.1) is 0 Å². The van der Waals surface area contributed by atoms with Crippen LogP contribution in [-0.2, 0) is 9.47 Å². The third-order valence-electron chi connectivity index (χ3n) is 3.72. The highest BCUT2D eigenvalue weighted by Gasteiger charge is 2.17. The number of ether oxygens (including phenoxy) is 2. The van der Waals surface area contributed by atoms with E-state index in [2.05, 4.69) is 20.5 Å². The summed E-state index contributed by atoms with van der Waals surface area (Å²) in [5.74, 6) is -0.497. The Hall–Kier alpha value is -2.61. The molecule has 0 bridgehead atoms. The van der Waals surface area contributed by atoms with Gasteiger partial charge in [-0.25, -0.2) is 9.18 Å². The lowest BCUT2D eigenvalue weighted by atomic mass is 10.1. The van der Waals surface area contributed by atoms with Crippen molar-refractivity contribution in [3.63, 3.8) is 0 Å². The molecule has 0 saturated heterocycles. The van der Waals surface area contributed by atoms with E-state index in [1.165, 1.54) is 12.3 Å². The number of carbonyl (C=O) groups excluding carboxylic acids is 1. The van der Waals surface area contributed by atoms with Crippen molar-refractivity contribution in [3.05, 3.63) is 36.0 Å². The lowest BCUT2D eigenvalue weighted by Gasteiger charge is -2.22. The number of halogens is 1. The van der Waals surface area contributed by atoms with Crippen LogP contribution < -0.4 is 5.32 Å². The minimum absolute atomic E-state index is 0.216. The number of nitrogens with one attached hydrogen (secondary N) is 1. The van der Waals surface area contributed by atoms with Gasteiger partial charge in [0.15, 0.2) is 0 Å². The zero-order chi connectivity index (χ0) is 18.4. The van der Waals surface area contributed by atoms with Gasteiger partial charge in [-0.3, -0.25) is 10.3 Å². The zero-order valence-corrected chi connectivity index (χ0v) is 14.7. The van der Waals surface area contributed by atoms with Gasteiger partial charge in [0.05, 0.1) is 36.0 Å². The summed E-state index contributed by atoms with van der Waals surface area (Å²) in [5, 5.41) is 10.1. The molecule has 2 rings (SSSR count). The Morgan fingerprint density at radius 2 is 2.08 bits per heavy atom. The largest absolute Gasteiger partial charge is 0.449 e. The second-order valence-corrected chi connectivity index (χ2v) is 6.09. The predicted molar refractivity (Wildman–Crippen MR) is 90.6 cm³/mol. The SMILES string of the molecule is COC(C)(C)CCOC(=O)Nc1cnc(C)c(-c2cc(F)cnn2)c1. The van der Waals surface area contributed by atoms with E-state index in [0.29, 0.717) is 29.1 Å². The van der Waals surface area contributed by atoms with Crippen LogP contribution in [0, 0.1) is 12.7 Å². The second kappa shape index (κ2) is 7.98. The number of pyridine rings is 1. The normalized spacial score (nSPS) is 11.2. The standard InChI is InChI=1S/C17H21FN4O3/c1-11-14(15-7-12(18)9-20-22-15)8-13(10-19-11)21-16(23)25-6-5-17(2,3)24-4/h7-10H,5-6H2,1-4H3,(H,21,23).